The molecule has 0 aliphatic rings. The highest BCUT2D eigenvalue weighted by molar-refractivity contribution is 7.17. The number of esters is 1. The van der Waals surface area contributed by atoms with E-state index in [2.05, 4.69) is 15.0 Å². The molecule has 1 rings (SSSR count). The molecule has 0 amide bonds. The zero-order chi connectivity index (χ0) is 12.0. The van der Waals surface area contributed by atoms with Crippen molar-refractivity contribution in [2.24, 2.45) is 0 Å². The highest BCUT2D eigenvalue weighted by Gasteiger charge is 2.11. The van der Waals surface area contributed by atoms with E-state index < -0.39 is 0 Å². The minimum atomic E-state index is -0.352. The van der Waals surface area contributed by atoms with Gasteiger partial charge >= 0.3 is 5.97 Å². The molecule has 1 aromatic rings. The van der Waals surface area contributed by atoms with Crippen LogP contribution >= 0.6 is 11.3 Å². The van der Waals surface area contributed by atoms with Gasteiger partial charge in [0.05, 0.1) is 13.3 Å². The average molecular weight is 244 g/mol. The molecule has 1 unspecified atom stereocenters. The van der Waals surface area contributed by atoms with Crippen LogP contribution in [0, 0.1) is 0 Å². The molecule has 0 fully saturated rings. The van der Waals surface area contributed by atoms with Crippen molar-refractivity contribution >= 4 is 22.4 Å². The fraction of sp³-hybridized carbons (Fsp3) is 0.600. The normalized spacial score (nSPS) is 12.2. The summed E-state index contributed by atoms with van der Waals surface area (Å²) in [4.78, 5) is 15.8. The quantitative estimate of drug-likeness (QED) is 0.773. The lowest BCUT2D eigenvalue weighted by Gasteiger charge is -2.11. The van der Waals surface area contributed by atoms with Crippen LogP contribution in [0.5, 0.6) is 0 Å². The lowest BCUT2D eigenvalue weighted by atomic mass is 10.2. The summed E-state index contributed by atoms with van der Waals surface area (Å²) in [5, 5.41) is 3.92. The minimum absolute atomic E-state index is 0.261. The molecule has 0 aliphatic carbocycles. The Hall–Kier alpha value is -1.14. The summed E-state index contributed by atoms with van der Waals surface area (Å²) in [6.07, 6.45) is 2.41. The molecule has 0 saturated carbocycles. The second-order valence-electron chi connectivity index (χ2n) is 3.35. The van der Waals surface area contributed by atoms with E-state index in [9.17, 15) is 4.79 Å². The van der Waals surface area contributed by atoms with E-state index in [-0.39, 0.29) is 12.0 Å². The van der Waals surface area contributed by atoms with Gasteiger partial charge in [0.25, 0.3) is 0 Å². The molecule has 0 saturated heterocycles. The fourth-order valence-corrected chi connectivity index (χ4v) is 1.96. The third-order valence-electron chi connectivity index (χ3n) is 2.02. The summed E-state index contributed by atoms with van der Waals surface area (Å²) in [5.74, 6) is -0.352. The summed E-state index contributed by atoms with van der Waals surface area (Å²) in [6, 6.07) is 0.261. The zero-order valence-electron chi connectivity index (χ0n) is 9.65. The van der Waals surface area contributed by atoms with Crippen molar-refractivity contribution in [2.75, 3.05) is 26.1 Å². The number of ether oxygens (including phenoxy) is 2. The van der Waals surface area contributed by atoms with Crippen LogP contribution in [0.25, 0.3) is 0 Å². The molecule has 0 bridgehead atoms. The summed E-state index contributed by atoms with van der Waals surface area (Å²) >= 11 is 1.29. The van der Waals surface area contributed by atoms with Gasteiger partial charge < -0.3 is 14.8 Å². The first-order chi connectivity index (χ1) is 7.67. The molecule has 1 heterocycles. The molecule has 0 radical (unpaired) electrons. The zero-order valence-corrected chi connectivity index (χ0v) is 10.5. The first kappa shape index (κ1) is 12.9. The van der Waals surface area contributed by atoms with Crippen molar-refractivity contribution in [3.05, 3.63) is 11.1 Å². The van der Waals surface area contributed by atoms with Crippen LogP contribution in [0.3, 0.4) is 0 Å². The van der Waals surface area contributed by atoms with Crippen LogP contribution in [0.1, 0.15) is 23.0 Å². The van der Waals surface area contributed by atoms with Crippen LogP contribution in [0.4, 0.5) is 5.13 Å². The number of hydrogen-bond acceptors (Lipinski definition) is 6. The van der Waals surface area contributed by atoms with E-state index in [4.69, 9.17) is 4.74 Å². The van der Waals surface area contributed by atoms with E-state index in [1.54, 1.807) is 7.11 Å². The predicted octanol–water partition coefficient (Wildman–Crippen LogP) is 1.77. The van der Waals surface area contributed by atoms with Crippen LogP contribution in [-0.4, -0.2) is 37.8 Å². The van der Waals surface area contributed by atoms with Crippen LogP contribution < -0.4 is 5.32 Å². The fourth-order valence-electron chi connectivity index (χ4n) is 1.11. The number of nitrogens with one attached hydrogen (secondary N) is 1. The van der Waals surface area contributed by atoms with Gasteiger partial charge in [0, 0.05) is 19.8 Å². The molecule has 5 nitrogen and oxygen atoms in total. The number of carbonyl (C=O) groups excluding carboxylic acids is 1. The van der Waals surface area contributed by atoms with Gasteiger partial charge in [-0.2, -0.15) is 0 Å². The first-order valence-electron chi connectivity index (χ1n) is 4.97. The summed E-state index contributed by atoms with van der Waals surface area (Å²) < 4.78 is 9.58. The number of thiazole rings is 1. The van der Waals surface area contributed by atoms with Gasteiger partial charge in [0.15, 0.2) is 5.13 Å². The molecule has 0 spiro atoms. The van der Waals surface area contributed by atoms with E-state index in [0.717, 1.165) is 11.6 Å². The topological polar surface area (TPSA) is 60.5 Å². The summed E-state index contributed by atoms with van der Waals surface area (Å²) in [7, 11) is 3.03. The maximum atomic E-state index is 11.2. The SMILES string of the molecule is COCCC(C)Nc1ncc(C(=O)OC)s1. The lowest BCUT2D eigenvalue weighted by molar-refractivity contribution is 0.0606. The predicted molar refractivity (Wildman–Crippen MR) is 63.0 cm³/mol. The lowest BCUT2D eigenvalue weighted by Crippen LogP contribution is -2.16. The van der Waals surface area contributed by atoms with Gasteiger partial charge in [0.1, 0.15) is 4.88 Å². The number of hydrogen-bond donors (Lipinski definition) is 1. The van der Waals surface area contributed by atoms with E-state index in [1.807, 2.05) is 6.92 Å². The Morgan fingerprint density at radius 3 is 3.00 bits per heavy atom. The third-order valence-corrected chi connectivity index (χ3v) is 2.93. The molecule has 1 atom stereocenters. The number of aromatic nitrogens is 1. The second-order valence-corrected chi connectivity index (χ2v) is 4.38. The Kier molecular flexibility index (Phi) is 5.21. The number of rotatable bonds is 6. The van der Waals surface area contributed by atoms with Gasteiger partial charge in [-0.25, -0.2) is 9.78 Å². The molecule has 1 aromatic heterocycles. The maximum absolute atomic E-state index is 11.2. The van der Waals surface area contributed by atoms with Crippen LogP contribution in [0.2, 0.25) is 0 Å². The Labute approximate surface area is 98.8 Å². The Morgan fingerprint density at radius 2 is 2.38 bits per heavy atom. The molecule has 0 aliphatic heterocycles. The molecular formula is C10H16N2O3S. The Balaban J connectivity index is 2.48. The van der Waals surface area contributed by atoms with Crippen molar-refractivity contribution in [1.82, 2.24) is 4.98 Å². The molecule has 16 heavy (non-hydrogen) atoms. The summed E-state index contributed by atoms with van der Waals surface area (Å²) in [6.45, 7) is 2.74. The van der Waals surface area contributed by atoms with Gasteiger partial charge in [-0.3, -0.25) is 0 Å². The van der Waals surface area contributed by atoms with Gasteiger partial charge in [0.2, 0.25) is 0 Å². The molecule has 90 valence electrons. The van der Waals surface area contributed by atoms with E-state index in [1.165, 1.54) is 24.6 Å². The smallest absolute Gasteiger partial charge is 0.349 e. The molecule has 1 N–H and O–H groups in total. The summed E-state index contributed by atoms with van der Waals surface area (Å²) in [5.41, 5.74) is 0. The van der Waals surface area contributed by atoms with Crippen molar-refractivity contribution in [2.45, 2.75) is 19.4 Å². The highest BCUT2D eigenvalue weighted by atomic mass is 32.1. The standard InChI is InChI=1S/C10H16N2O3S/c1-7(4-5-14-2)12-10-11-6-8(16-10)9(13)15-3/h6-7H,4-5H2,1-3H3,(H,11,12). The highest BCUT2D eigenvalue weighted by Crippen LogP contribution is 2.19. The van der Waals surface area contributed by atoms with Crippen molar-refractivity contribution in [3.63, 3.8) is 0 Å². The largest absolute Gasteiger partial charge is 0.465 e. The van der Waals surface area contributed by atoms with E-state index in [0.29, 0.717) is 11.5 Å². The molecule has 0 aromatic carbocycles. The second kappa shape index (κ2) is 6.44. The van der Waals surface area contributed by atoms with Crippen molar-refractivity contribution in [3.8, 4) is 0 Å². The number of carbonyl (C=O) groups is 1. The molecule has 6 heteroatoms. The third kappa shape index (κ3) is 3.79. The van der Waals surface area contributed by atoms with Crippen molar-refractivity contribution in [1.29, 1.82) is 0 Å². The molecular weight excluding hydrogens is 228 g/mol. The number of methoxy groups -OCH3 is 2. The van der Waals surface area contributed by atoms with Crippen LogP contribution in [0.15, 0.2) is 6.20 Å². The van der Waals surface area contributed by atoms with Gasteiger partial charge in [-0.1, -0.05) is 11.3 Å². The first-order valence-corrected chi connectivity index (χ1v) is 5.78. The van der Waals surface area contributed by atoms with Gasteiger partial charge in [-0.05, 0) is 13.3 Å². The van der Waals surface area contributed by atoms with Crippen molar-refractivity contribution < 1.29 is 14.3 Å². The number of nitrogens with zero attached hydrogens (tertiary/aromatic N) is 1. The number of anilines is 1. The van der Waals surface area contributed by atoms with Gasteiger partial charge in [-0.15, -0.1) is 0 Å². The maximum Gasteiger partial charge on any atom is 0.349 e. The Bertz CT molecular complexity index is 341. The monoisotopic (exact) mass is 244 g/mol. The average Bonchev–Trinajstić information content (AvgIpc) is 2.73. The van der Waals surface area contributed by atoms with Crippen LogP contribution in [-0.2, 0) is 9.47 Å². The Morgan fingerprint density at radius 1 is 1.62 bits per heavy atom. The van der Waals surface area contributed by atoms with E-state index >= 15 is 0 Å². The minimum Gasteiger partial charge on any atom is -0.465 e.